The highest BCUT2D eigenvalue weighted by Gasteiger charge is 2.34. The molecule has 1 rings (SSSR count). The molecule has 0 saturated carbocycles. The van der Waals surface area contributed by atoms with Gasteiger partial charge < -0.3 is 15.2 Å². The minimum absolute atomic E-state index is 0.0714. The first kappa shape index (κ1) is 17.6. The Morgan fingerprint density at radius 1 is 1.00 bits per heavy atom. The Morgan fingerprint density at radius 2 is 1.67 bits per heavy atom. The van der Waals surface area contributed by atoms with Crippen LogP contribution in [-0.4, -0.2) is 26.0 Å². The van der Waals surface area contributed by atoms with Crippen LogP contribution in [-0.2, 0) is 17.5 Å². The van der Waals surface area contributed by atoms with Crippen molar-refractivity contribution in [2.24, 2.45) is 5.73 Å². The Labute approximate surface area is 116 Å². The van der Waals surface area contributed by atoms with Crippen LogP contribution in [0.15, 0.2) is 18.2 Å². The van der Waals surface area contributed by atoms with Crippen LogP contribution in [0.1, 0.15) is 11.1 Å². The van der Waals surface area contributed by atoms with Gasteiger partial charge in [-0.25, -0.2) is 0 Å². The van der Waals surface area contributed by atoms with Gasteiger partial charge in [-0.3, -0.25) is 0 Å². The Kier molecular flexibility index (Phi) is 5.85. The molecule has 0 aromatic heterocycles. The minimum Gasteiger partial charge on any atom is -0.491 e. The summed E-state index contributed by atoms with van der Waals surface area (Å²) in [4.78, 5) is 0. The molecule has 0 bridgehead atoms. The van der Waals surface area contributed by atoms with Crippen LogP contribution in [0.2, 0.25) is 0 Å². The highest BCUT2D eigenvalue weighted by molar-refractivity contribution is 5.39. The van der Waals surface area contributed by atoms with Crippen molar-refractivity contribution in [3.05, 3.63) is 29.3 Å². The molecule has 0 fully saturated rings. The second kappa shape index (κ2) is 6.99. The zero-order valence-electron chi connectivity index (χ0n) is 10.7. The third-order valence-electron chi connectivity index (χ3n) is 2.34. The third-order valence-corrected chi connectivity index (χ3v) is 2.34. The van der Waals surface area contributed by atoms with Crippen molar-refractivity contribution in [1.82, 2.24) is 0 Å². The van der Waals surface area contributed by atoms with Crippen molar-refractivity contribution in [2.45, 2.75) is 18.9 Å². The molecule has 21 heavy (non-hydrogen) atoms. The topological polar surface area (TPSA) is 44.5 Å². The van der Waals surface area contributed by atoms with Crippen LogP contribution in [0.5, 0.6) is 5.75 Å². The van der Waals surface area contributed by atoms with Crippen molar-refractivity contribution in [1.29, 1.82) is 0 Å². The number of nitrogens with two attached hydrogens (primary N) is 1. The second-order valence-electron chi connectivity index (χ2n) is 4.05. The van der Waals surface area contributed by atoms with E-state index >= 15 is 0 Å². The molecule has 0 unspecified atom stereocenters. The summed E-state index contributed by atoms with van der Waals surface area (Å²) in [7, 11) is 0. The van der Waals surface area contributed by atoms with Gasteiger partial charge in [0.1, 0.15) is 19.0 Å². The largest absolute Gasteiger partial charge is 0.491 e. The van der Waals surface area contributed by atoms with Gasteiger partial charge in [0.15, 0.2) is 0 Å². The number of halogens is 6. The monoisotopic (exact) mass is 317 g/mol. The summed E-state index contributed by atoms with van der Waals surface area (Å²) in [5.41, 5.74) is 4.50. The van der Waals surface area contributed by atoms with E-state index in [2.05, 4.69) is 4.74 Å². The molecule has 0 saturated heterocycles. The molecule has 9 heteroatoms. The van der Waals surface area contributed by atoms with E-state index in [-0.39, 0.29) is 12.1 Å². The average molecular weight is 317 g/mol. The number of rotatable bonds is 6. The van der Waals surface area contributed by atoms with Gasteiger partial charge in [0.05, 0.1) is 12.2 Å². The van der Waals surface area contributed by atoms with Gasteiger partial charge >= 0.3 is 12.4 Å². The molecule has 0 aliphatic carbocycles. The van der Waals surface area contributed by atoms with Gasteiger partial charge in [-0.1, -0.05) is 6.07 Å². The first-order valence-corrected chi connectivity index (χ1v) is 5.81. The summed E-state index contributed by atoms with van der Waals surface area (Å²) in [6, 6.07) is 3.27. The summed E-state index contributed by atoms with van der Waals surface area (Å²) >= 11 is 0. The van der Waals surface area contributed by atoms with Crippen molar-refractivity contribution >= 4 is 0 Å². The van der Waals surface area contributed by atoms with Gasteiger partial charge in [0, 0.05) is 6.54 Å². The maximum atomic E-state index is 12.8. The smallest absolute Gasteiger partial charge is 0.419 e. The zero-order chi connectivity index (χ0) is 16.1. The molecule has 2 N–H and O–H groups in total. The lowest BCUT2D eigenvalue weighted by molar-refractivity contribution is -0.175. The summed E-state index contributed by atoms with van der Waals surface area (Å²) in [5.74, 6) is -0.477. The summed E-state index contributed by atoms with van der Waals surface area (Å²) in [6.07, 6.45) is -9.13. The molecular formula is C12H13F6NO2. The molecule has 1 aromatic carbocycles. The Balaban J connectivity index is 2.62. The molecule has 0 atom stereocenters. The van der Waals surface area contributed by atoms with E-state index in [1.807, 2.05) is 0 Å². The molecule has 1 aromatic rings. The zero-order valence-corrected chi connectivity index (χ0v) is 10.7. The standard InChI is InChI=1S/C12H13F6NO2/c13-11(14,15)7-20-3-4-21-10-2-1-8(6-19)5-9(10)12(16,17)18/h1-2,5H,3-4,6-7,19H2. The Bertz CT molecular complexity index is 458. The minimum atomic E-state index is -4.65. The fraction of sp³-hybridized carbons (Fsp3) is 0.500. The fourth-order valence-electron chi connectivity index (χ4n) is 1.45. The molecular weight excluding hydrogens is 304 g/mol. The predicted octanol–water partition coefficient (Wildman–Crippen LogP) is 3.12. The summed E-state index contributed by atoms with van der Waals surface area (Å²) in [6.45, 7) is -2.46. The van der Waals surface area contributed by atoms with Crippen molar-refractivity contribution in [2.75, 3.05) is 19.8 Å². The molecule has 120 valence electrons. The normalized spacial score (nSPS) is 12.5. The number of hydrogen-bond donors (Lipinski definition) is 1. The molecule has 0 amide bonds. The van der Waals surface area contributed by atoms with Gasteiger partial charge in [-0.05, 0) is 17.7 Å². The Hall–Kier alpha value is -1.48. The SMILES string of the molecule is NCc1ccc(OCCOCC(F)(F)F)c(C(F)(F)F)c1. The third kappa shape index (κ3) is 6.21. The molecule has 3 nitrogen and oxygen atoms in total. The maximum Gasteiger partial charge on any atom is 0.419 e. The number of alkyl halides is 6. The van der Waals surface area contributed by atoms with E-state index < -0.39 is 43.5 Å². The van der Waals surface area contributed by atoms with Gasteiger partial charge in [0.2, 0.25) is 0 Å². The first-order valence-electron chi connectivity index (χ1n) is 5.81. The van der Waals surface area contributed by atoms with Gasteiger partial charge in [-0.15, -0.1) is 0 Å². The summed E-state index contributed by atoms with van der Waals surface area (Å²) in [5, 5.41) is 0. The van der Waals surface area contributed by atoms with E-state index in [4.69, 9.17) is 10.5 Å². The van der Waals surface area contributed by atoms with E-state index in [1.165, 1.54) is 6.07 Å². The van der Waals surface area contributed by atoms with Crippen LogP contribution < -0.4 is 10.5 Å². The summed E-state index contributed by atoms with van der Waals surface area (Å²) < 4.78 is 82.8. The van der Waals surface area contributed by atoms with Gasteiger partial charge in [0.25, 0.3) is 0 Å². The highest BCUT2D eigenvalue weighted by Crippen LogP contribution is 2.36. The highest BCUT2D eigenvalue weighted by atomic mass is 19.4. The lowest BCUT2D eigenvalue weighted by Crippen LogP contribution is -2.20. The van der Waals surface area contributed by atoms with Crippen LogP contribution >= 0.6 is 0 Å². The first-order chi connectivity index (χ1) is 9.63. The Morgan fingerprint density at radius 3 is 2.19 bits per heavy atom. The fourth-order valence-corrected chi connectivity index (χ4v) is 1.45. The van der Waals surface area contributed by atoms with Crippen LogP contribution in [0.25, 0.3) is 0 Å². The van der Waals surface area contributed by atoms with Crippen LogP contribution in [0, 0.1) is 0 Å². The number of ether oxygens (including phenoxy) is 2. The quantitative estimate of drug-likeness (QED) is 0.648. The van der Waals surface area contributed by atoms with Crippen molar-refractivity contribution in [3.8, 4) is 5.75 Å². The van der Waals surface area contributed by atoms with E-state index in [9.17, 15) is 26.3 Å². The van der Waals surface area contributed by atoms with Crippen LogP contribution in [0.4, 0.5) is 26.3 Å². The lowest BCUT2D eigenvalue weighted by Gasteiger charge is -2.15. The number of hydrogen-bond acceptors (Lipinski definition) is 3. The maximum absolute atomic E-state index is 12.8. The van der Waals surface area contributed by atoms with Crippen molar-refractivity contribution in [3.63, 3.8) is 0 Å². The molecule has 0 aliphatic rings. The molecule has 0 heterocycles. The van der Waals surface area contributed by atoms with Crippen LogP contribution in [0.3, 0.4) is 0 Å². The van der Waals surface area contributed by atoms with Crippen molar-refractivity contribution < 1.29 is 35.8 Å². The molecule has 0 radical (unpaired) electrons. The predicted molar refractivity (Wildman–Crippen MR) is 61.7 cm³/mol. The molecule has 0 aliphatic heterocycles. The van der Waals surface area contributed by atoms with E-state index in [0.29, 0.717) is 0 Å². The lowest BCUT2D eigenvalue weighted by atomic mass is 10.1. The van der Waals surface area contributed by atoms with Gasteiger partial charge in [-0.2, -0.15) is 26.3 Å². The van der Waals surface area contributed by atoms with E-state index in [1.54, 1.807) is 0 Å². The number of benzene rings is 1. The molecule has 0 spiro atoms. The second-order valence-corrected chi connectivity index (χ2v) is 4.05. The van der Waals surface area contributed by atoms with E-state index in [0.717, 1.165) is 12.1 Å². The average Bonchev–Trinajstić information content (AvgIpc) is 2.36.